The van der Waals surface area contributed by atoms with Crippen LogP contribution in [0.15, 0.2) is 68.2 Å². The summed E-state index contributed by atoms with van der Waals surface area (Å²) in [7, 11) is 4.80. The van der Waals surface area contributed by atoms with Gasteiger partial charge in [0, 0.05) is 43.4 Å². The Kier molecular flexibility index (Phi) is 9.41. The van der Waals surface area contributed by atoms with Gasteiger partial charge >= 0.3 is 0 Å². The maximum absolute atomic E-state index is 14.7. The second-order valence-electron chi connectivity index (χ2n) is 7.35. The highest BCUT2D eigenvalue weighted by atomic mass is 35.5. The Labute approximate surface area is 213 Å². The predicted octanol–water partition coefficient (Wildman–Crippen LogP) is 5.03. The minimum absolute atomic E-state index is 0.0956. The van der Waals surface area contributed by atoms with Crippen LogP contribution < -0.4 is 14.8 Å². The number of nitrogens with zero attached hydrogens (tertiary/aromatic N) is 4. The molecule has 1 aliphatic rings. The molecular weight excluding hydrogens is 491 g/mol. The number of ether oxygens (including phenoxy) is 2. The summed E-state index contributed by atoms with van der Waals surface area (Å²) in [5.74, 6) is 1.11. The van der Waals surface area contributed by atoms with E-state index in [4.69, 9.17) is 21.1 Å². The second kappa shape index (κ2) is 12.5. The average molecular weight is 517 g/mol. The molecule has 0 saturated carbocycles. The zero-order valence-electron chi connectivity index (χ0n) is 19.8. The van der Waals surface area contributed by atoms with Crippen molar-refractivity contribution in [1.29, 1.82) is 0 Å². The summed E-state index contributed by atoms with van der Waals surface area (Å²) in [6.07, 6.45) is 4.83. The highest BCUT2D eigenvalue weighted by Gasteiger charge is 2.22. The first-order valence-electron chi connectivity index (χ1n) is 10.5. The van der Waals surface area contributed by atoms with Crippen molar-refractivity contribution in [3.8, 4) is 5.88 Å². The molecule has 0 aliphatic carbocycles. The number of methoxy groups -OCH3 is 2. The van der Waals surface area contributed by atoms with E-state index < -0.39 is 5.82 Å². The minimum Gasteiger partial charge on any atom is -0.480 e. The van der Waals surface area contributed by atoms with E-state index in [2.05, 4.69) is 36.7 Å². The Morgan fingerprint density at radius 1 is 1.29 bits per heavy atom. The van der Waals surface area contributed by atoms with Crippen LogP contribution in [0.3, 0.4) is 0 Å². The van der Waals surface area contributed by atoms with E-state index in [1.165, 1.54) is 37.4 Å². The van der Waals surface area contributed by atoms with E-state index in [0.717, 1.165) is 0 Å². The Bertz CT molecular complexity index is 1210. The first-order valence-corrected chi connectivity index (χ1v) is 11.7. The fourth-order valence-electron chi connectivity index (χ4n) is 3.12. The average Bonchev–Trinajstić information content (AvgIpc) is 2.86. The maximum atomic E-state index is 14.7. The number of nitrogens with one attached hydrogen (secondary N) is 2. The summed E-state index contributed by atoms with van der Waals surface area (Å²) < 4.78 is 28.5. The number of hydrogen-bond acceptors (Lipinski definition) is 8. The van der Waals surface area contributed by atoms with Gasteiger partial charge in [-0.1, -0.05) is 11.6 Å². The van der Waals surface area contributed by atoms with Crippen LogP contribution in [0.4, 0.5) is 10.1 Å². The summed E-state index contributed by atoms with van der Waals surface area (Å²) in [6, 6.07) is 6.36. The fourth-order valence-corrected chi connectivity index (χ4v) is 4.09. The van der Waals surface area contributed by atoms with Crippen LogP contribution in [0.25, 0.3) is 5.57 Å². The quantitative estimate of drug-likeness (QED) is 0.358. The number of pyridine rings is 1. The summed E-state index contributed by atoms with van der Waals surface area (Å²) in [5.41, 5.74) is 2.50. The van der Waals surface area contributed by atoms with Crippen LogP contribution >= 0.6 is 23.5 Å². The lowest BCUT2D eigenvalue weighted by atomic mass is 9.97. The van der Waals surface area contributed by atoms with Gasteiger partial charge in [-0.3, -0.25) is 15.0 Å². The van der Waals surface area contributed by atoms with Gasteiger partial charge in [-0.15, -0.1) is 0 Å². The van der Waals surface area contributed by atoms with Gasteiger partial charge in [-0.25, -0.2) is 9.37 Å². The van der Waals surface area contributed by atoms with E-state index in [1.807, 2.05) is 19.1 Å². The topological polar surface area (TPSA) is 92.5 Å². The lowest BCUT2D eigenvalue weighted by Crippen LogP contribution is -2.36. The highest BCUT2D eigenvalue weighted by molar-refractivity contribution is 8.00. The van der Waals surface area contributed by atoms with Crippen molar-refractivity contribution >= 4 is 53.2 Å². The summed E-state index contributed by atoms with van der Waals surface area (Å²) in [6.45, 7) is 5.85. The van der Waals surface area contributed by atoms with Gasteiger partial charge in [0.25, 0.3) is 0 Å². The lowest BCUT2D eigenvalue weighted by Gasteiger charge is -2.22. The molecule has 2 N–H and O–H groups in total. The van der Waals surface area contributed by atoms with E-state index in [0.29, 0.717) is 56.4 Å². The third-order valence-corrected chi connectivity index (χ3v) is 5.95. The molecule has 1 aromatic heterocycles. The van der Waals surface area contributed by atoms with Crippen molar-refractivity contribution in [3.05, 3.63) is 64.7 Å². The molecule has 8 nitrogen and oxygen atoms in total. The van der Waals surface area contributed by atoms with Crippen LogP contribution in [0.2, 0.25) is 5.02 Å². The number of aromatic nitrogens is 1. The molecule has 0 fully saturated rings. The number of hydrogen-bond donors (Lipinski definition) is 2. The molecule has 2 heterocycles. The van der Waals surface area contributed by atoms with Gasteiger partial charge < -0.3 is 19.5 Å². The Hall–Kier alpha value is -3.21. The Morgan fingerprint density at radius 2 is 2.09 bits per heavy atom. The molecule has 3 rings (SSSR count). The number of halogens is 2. The molecule has 1 aromatic carbocycles. The van der Waals surface area contributed by atoms with Gasteiger partial charge in [0.2, 0.25) is 5.88 Å². The van der Waals surface area contributed by atoms with Crippen molar-refractivity contribution < 1.29 is 13.9 Å². The van der Waals surface area contributed by atoms with Crippen LogP contribution in [0, 0.1) is 5.82 Å². The molecule has 0 saturated heterocycles. The van der Waals surface area contributed by atoms with Crippen LogP contribution in [-0.2, 0) is 4.74 Å². The zero-order valence-corrected chi connectivity index (χ0v) is 21.4. The third kappa shape index (κ3) is 6.91. The molecule has 0 spiro atoms. The van der Waals surface area contributed by atoms with Crippen molar-refractivity contribution in [2.75, 3.05) is 32.5 Å². The SMILES string of the molecule is C=N/C=C1/C=C(c2cc(F)cc(NSc3cc(Cl)cnc3OC)c2)C(=NC[C@H](C)OC)NC1=NC. The molecule has 11 heteroatoms. The maximum Gasteiger partial charge on any atom is 0.228 e. The molecule has 2 aromatic rings. The van der Waals surface area contributed by atoms with E-state index in [9.17, 15) is 4.39 Å². The Morgan fingerprint density at radius 3 is 2.77 bits per heavy atom. The molecule has 0 bridgehead atoms. The summed E-state index contributed by atoms with van der Waals surface area (Å²) >= 11 is 7.28. The standard InChI is InChI=1S/C24H26ClFN6O2S/c1-14(33-4)11-29-23-20(8-16(12-27-2)22(28-3)31-23)15-6-18(26)10-19(7-15)32-35-21-9-17(25)13-30-24(21)34-5/h6-10,12-14,32H,2,11H2,1,3-5H3,(H,28,29,31)/b16-12-/t14-/m0/s1. The van der Waals surface area contributed by atoms with Crippen molar-refractivity contribution in [3.63, 3.8) is 0 Å². The molecular formula is C24H26ClFN6O2S. The molecule has 35 heavy (non-hydrogen) atoms. The predicted molar refractivity (Wildman–Crippen MR) is 143 cm³/mol. The number of rotatable bonds is 9. The largest absolute Gasteiger partial charge is 0.480 e. The number of benzene rings is 1. The summed E-state index contributed by atoms with van der Waals surface area (Å²) in [4.78, 5) is 17.6. The first-order chi connectivity index (χ1) is 16.9. The number of anilines is 1. The first kappa shape index (κ1) is 26.4. The fraction of sp³-hybridized carbons (Fsp3) is 0.250. The normalized spacial score (nSPS) is 17.8. The smallest absolute Gasteiger partial charge is 0.228 e. The lowest BCUT2D eigenvalue weighted by molar-refractivity contribution is 0.125. The van der Waals surface area contributed by atoms with Gasteiger partial charge in [0.15, 0.2) is 0 Å². The van der Waals surface area contributed by atoms with Gasteiger partial charge in [0.1, 0.15) is 17.5 Å². The second-order valence-corrected chi connectivity index (χ2v) is 8.64. The van der Waals surface area contributed by atoms with Gasteiger partial charge in [-0.2, -0.15) is 0 Å². The van der Waals surface area contributed by atoms with Crippen LogP contribution in [0.5, 0.6) is 5.88 Å². The van der Waals surface area contributed by atoms with Crippen LogP contribution in [-0.4, -0.2) is 57.3 Å². The van der Waals surface area contributed by atoms with Crippen molar-refractivity contribution in [2.45, 2.75) is 17.9 Å². The molecule has 0 radical (unpaired) electrons. The Balaban J connectivity index is 2.00. The highest BCUT2D eigenvalue weighted by Crippen LogP contribution is 2.32. The van der Waals surface area contributed by atoms with Crippen LogP contribution in [0.1, 0.15) is 12.5 Å². The van der Waals surface area contributed by atoms with Crippen molar-refractivity contribution in [1.82, 2.24) is 10.3 Å². The number of amidine groups is 2. The summed E-state index contributed by atoms with van der Waals surface area (Å²) in [5, 5.41) is 3.68. The van der Waals surface area contributed by atoms with Gasteiger partial charge in [-0.05, 0) is 61.5 Å². The zero-order chi connectivity index (χ0) is 25.4. The molecule has 0 amide bonds. The van der Waals surface area contributed by atoms with E-state index >= 15 is 0 Å². The molecule has 0 unspecified atom stereocenters. The van der Waals surface area contributed by atoms with Gasteiger partial charge in [0.05, 0.1) is 29.7 Å². The third-order valence-electron chi connectivity index (χ3n) is 4.89. The number of aliphatic imine (C=N–C) groups is 3. The molecule has 1 atom stereocenters. The monoisotopic (exact) mass is 516 g/mol. The van der Waals surface area contributed by atoms with E-state index in [-0.39, 0.29) is 6.10 Å². The molecule has 1 aliphatic heterocycles. The molecule has 184 valence electrons. The van der Waals surface area contributed by atoms with E-state index in [1.54, 1.807) is 26.4 Å². The van der Waals surface area contributed by atoms with Crippen molar-refractivity contribution in [2.24, 2.45) is 15.0 Å². The minimum atomic E-state index is -0.422.